The summed E-state index contributed by atoms with van der Waals surface area (Å²) in [6, 6.07) is 7.89. The fourth-order valence-electron chi connectivity index (χ4n) is 4.49. The van der Waals surface area contributed by atoms with Crippen LogP contribution in [0.15, 0.2) is 34.2 Å². The molecule has 1 aliphatic carbocycles. The fourth-order valence-corrected chi connectivity index (χ4v) is 5.32. The van der Waals surface area contributed by atoms with E-state index in [9.17, 15) is 9.59 Å². The maximum absolute atomic E-state index is 13.0. The molecule has 2 heterocycles. The average Bonchev–Trinajstić information content (AvgIpc) is 3.20. The quantitative estimate of drug-likeness (QED) is 0.537. The fraction of sp³-hybridized carbons (Fsp3) is 0.545. The van der Waals surface area contributed by atoms with E-state index in [0.717, 1.165) is 31.3 Å². The molecule has 2 aromatic heterocycles. The molecule has 0 bridgehead atoms. The predicted octanol–water partition coefficient (Wildman–Crippen LogP) is 3.73. The molecule has 0 unspecified atom stereocenters. The van der Waals surface area contributed by atoms with Crippen LogP contribution in [0, 0.1) is 0 Å². The Morgan fingerprint density at radius 1 is 1.17 bits per heavy atom. The number of para-hydroxylation sites is 1. The number of carbonyl (C=O) groups is 1. The molecule has 0 N–H and O–H groups in total. The lowest BCUT2D eigenvalue weighted by molar-refractivity contribution is -0.131. The molecule has 0 spiro atoms. The Bertz CT molecular complexity index is 1100. The molecular weight excluding hydrogens is 398 g/mol. The van der Waals surface area contributed by atoms with Gasteiger partial charge in [-0.1, -0.05) is 50.1 Å². The van der Waals surface area contributed by atoms with Gasteiger partial charge in [0.1, 0.15) is 0 Å². The van der Waals surface area contributed by atoms with Crippen LogP contribution in [0.1, 0.15) is 52.4 Å². The number of nitrogens with zero attached hydrogens (tertiary/aromatic N) is 5. The second-order valence-corrected chi connectivity index (χ2v) is 8.79. The standard InChI is InChI=1S/C22H29N5O2S/c1-3-14-26-20(29)17-12-8-9-13-18(17)27-21(26)23-24-22(27)30-15-19(28)25(4-2)16-10-6-5-7-11-16/h8-9,12-13,16H,3-7,10-11,14-15H2,1-2H3. The number of benzene rings is 1. The lowest BCUT2D eigenvalue weighted by Gasteiger charge is -2.33. The molecule has 0 saturated heterocycles. The van der Waals surface area contributed by atoms with Gasteiger partial charge in [0.15, 0.2) is 5.16 Å². The number of hydrogen-bond acceptors (Lipinski definition) is 5. The number of aryl methyl sites for hydroxylation is 1. The predicted molar refractivity (Wildman–Crippen MR) is 120 cm³/mol. The summed E-state index contributed by atoms with van der Waals surface area (Å²) in [7, 11) is 0. The van der Waals surface area contributed by atoms with Gasteiger partial charge in [0.25, 0.3) is 5.56 Å². The number of fused-ring (bicyclic) bond motifs is 3. The van der Waals surface area contributed by atoms with E-state index in [0.29, 0.717) is 34.7 Å². The molecule has 1 aromatic carbocycles. The lowest BCUT2D eigenvalue weighted by Crippen LogP contribution is -2.42. The highest BCUT2D eigenvalue weighted by Crippen LogP contribution is 2.25. The first-order chi connectivity index (χ1) is 14.7. The molecule has 0 radical (unpaired) electrons. The molecule has 0 aliphatic heterocycles. The Labute approximate surface area is 180 Å². The third kappa shape index (κ3) is 3.85. The summed E-state index contributed by atoms with van der Waals surface area (Å²) in [5.74, 6) is 1.01. The maximum atomic E-state index is 13.0. The third-order valence-corrected chi connectivity index (χ3v) is 6.84. The number of aromatic nitrogens is 4. The Balaban J connectivity index is 1.65. The van der Waals surface area contributed by atoms with E-state index in [-0.39, 0.29) is 11.5 Å². The van der Waals surface area contributed by atoms with E-state index >= 15 is 0 Å². The summed E-state index contributed by atoms with van der Waals surface area (Å²) >= 11 is 1.40. The molecule has 1 fully saturated rings. The van der Waals surface area contributed by atoms with Gasteiger partial charge in [0.2, 0.25) is 11.7 Å². The van der Waals surface area contributed by atoms with E-state index in [2.05, 4.69) is 17.1 Å². The highest BCUT2D eigenvalue weighted by Gasteiger charge is 2.25. The first-order valence-corrected chi connectivity index (χ1v) is 11.9. The van der Waals surface area contributed by atoms with Gasteiger partial charge in [-0.05, 0) is 38.3 Å². The first kappa shape index (κ1) is 20.9. The summed E-state index contributed by atoms with van der Waals surface area (Å²) in [6.07, 6.45) is 6.72. The van der Waals surface area contributed by atoms with Crippen LogP contribution in [0.5, 0.6) is 0 Å². The van der Waals surface area contributed by atoms with Crippen LogP contribution in [-0.2, 0) is 11.3 Å². The molecule has 8 heteroatoms. The van der Waals surface area contributed by atoms with E-state index in [1.54, 1.807) is 4.57 Å². The van der Waals surface area contributed by atoms with Gasteiger partial charge in [-0.2, -0.15) is 0 Å². The van der Waals surface area contributed by atoms with Crippen molar-refractivity contribution in [3.05, 3.63) is 34.6 Å². The van der Waals surface area contributed by atoms with Gasteiger partial charge in [-0.15, -0.1) is 10.2 Å². The van der Waals surface area contributed by atoms with Crippen LogP contribution >= 0.6 is 11.8 Å². The van der Waals surface area contributed by atoms with Crippen molar-refractivity contribution in [2.45, 2.75) is 70.1 Å². The number of carbonyl (C=O) groups excluding carboxylic acids is 1. The molecule has 3 aromatic rings. The van der Waals surface area contributed by atoms with Crippen molar-refractivity contribution >= 4 is 34.3 Å². The van der Waals surface area contributed by atoms with Crippen LogP contribution in [0.2, 0.25) is 0 Å². The Hall–Kier alpha value is -2.35. The van der Waals surface area contributed by atoms with Crippen molar-refractivity contribution in [3.8, 4) is 0 Å². The van der Waals surface area contributed by atoms with Crippen LogP contribution < -0.4 is 5.56 Å². The first-order valence-electron chi connectivity index (χ1n) is 10.9. The Kier molecular flexibility index (Phi) is 6.41. The van der Waals surface area contributed by atoms with Crippen molar-refractivity contribution in [2.24, 2.45) is 0 Å². The molecule has 1 saturated carbocycles. The van der Waals surface area contributed by atoms with Gasteiger partial charge in [0, 0.05) is 19.1 Å². The Morgan fingerprint density at radius 2 is 1.93 bits per heavy atom. The van der Waals surface area contributed by atoms with Crippen LogP contribution in [-0.4, -0.2) is 48.3 Å². The zero-order chi connectivity index (χ0) is 21.1. The smallest absolute Gasteiger partial charge is 0.262 e. The van der Waals surface area contributed by atoms with Crippen molar-refractivity contribution in [3.63, 3.8) is 0 Å². The SMILES string of the molecule is CCCn1c(=O)c2ccccc2n2c(SCC(=O)N(CC)C3CCCCC3)nnc12. The van der Waals surface area contributed by atoms with E-state index in [1.807, 2.05) is 40.5 Å². The lowest BCUT2D eigenvalue weighted by atomic mass is 9.94. The molecule has 7 nitrogen and oxygen atoms in total. The second kappa shape index (κ2) is 9.20. The van der Waals surface area contributed by atoms with E-state index < -0.39 is 0 Å². The largest absolute Gasteiger partial charge is 0.339 e. The molecule has 160 valence electrons. The summed E-state index contributed by atoms with van der Waals surface area (Å²) in [5, 5.41) is 9.95. The minimum absolute atomic E-state index is 0.0468. The zero-order valence-electron chi connectivity index (χ0n) is 17.7. The molecule has 30 heavy (non-hydrogen) atoms. The van der Waals surface area contributed by atoms with Gasteiger partial charge < -0.3 is 4.90 Å². The second-order valence-electron chi connectivity index (χ2n) is 7.85. The highest BCUT2D eigenvalue weighted by atomic mass is 32.2. The summed E-state index contributed by atoms with van der Waals surface area (Å²) < 4.78 is 3.60. The molecular formula is C22H29N5O2S. The average molecular weight is 428 g/mol. The normalized spacial score (nSPS) is 15.1. The van der Waals surface area contributed by atoms with Crippen molar-refractivity contribution in [1.82, 2.24) is 24.1 Å². The van der Waals surface area contributed by atoms with Crippen LogP contribution in [0.3, 0.4) is 0 Å². The van der Waals surface area contributed by atoms with E-state index in [4.69, 9.17) is 0 Å². The topological polar surface area (TPSA) is 72.5 Å². The van der Waals surface area contributed by atoms with Crippen LogP contribution in [0.25, 0.3) is 16.7 Å². The Morgan fingerprint density at radius 3 is 2.67 bits per heavy atom. The van der Waals surface area contributed by atoms with E-state index in [1.165, 1.54) is 31.0 Å². The molecule has 1 aliphatic rings. The highest BCUT2D eigenvalue weighted by molar-refractivity contribution is 7.99. The zero-order valence-corrected chi connectivity index (χ0v) is 18.5. The number of hydrogen-bond donors (Lipinski definition) is 0. The van der Waals surface area contributed by atoms with Crippen molar-refractivity contribution in [1.29, 1.82) is 0 Å². The number of rotatable bonds is 7. The summed E-state index contributed by atoms with van der Waals surface area (Å²) in [6.45, 7) is 5.41. The maximum Gasteiger partial charge on any atom is 0.262 e. The number of thioether (sulfide) groups is 1. The molecule has 4 rings (SSSR count). The molecule has 1 amide bonds. The monoisotopic (exact) mass is 427 g/mol. The molecule has 0 atom stereocenters. The van der Waals surface area contributed by atoms with Crippen molar-refractivity contribution in [2.75, 3.05) is 12.3 Å². The van der Waals surface area contributed by atoms with Crippen LogP contribution in [0.4, 0.5) is 0 Å². The van der Waals surface area contributed by atoms with Gasteiger partial charge >= 0.3 is 0 Å². The van der Waals surface area contributed by atoms with Crippen molar-refractivity contribution < 1.29 is 4.79 Å². The van der Waals surface area contributed by atoms with Gasteiger partial charge in [-0.25, -0.2) is 0 Å². The minimum atomic E-state index is -0.0468. The minimum Gasteiger partial charge on any atom is -0.339 e. The summed E-state index contributed by atoms with van der Waals surface area (Å²) in [4.78, 5) is 27.9. The number of amides is 1. The van der Waals surface area contributed by atoms with Gasteiger partial charge in [-0.3, -0.25) is 18.6 Å². The third-order valence-electron chi connectivity index (χ3n) is 5.93. The summed E-state index contributed by atoms with van der Waals surface area (Å²) in [5.41, 5.74) is 0.735. The van der Waals surface area contributed by atoms with Gasteiger partial charge in [0.05, 0.1) is 16.7 Å².